The van der Waals surface area contributed by atoms with Crippen molar-refractivity contribution in [2.24, 2.45) is 4.99 Å². The fourth-order valence-corrected chi connectivity index (χ4v) is 2.39. The molecule has 3 N–H and O–H groups in total. The van der Waals surface area contributed by atoms with Gasteiger partial charge in [-0.3, -0.25) is 0 Å². The summed E-state index contributed by atoms with van der Waals surface area (Å²) >= 11 is 0. The normalized spacial score (nSPS) is 12.5. The molecular formula is C19H26N4O2. The number of hydrogen-bond donors (Lipinski definition) is 3. The Morgan fingerprint density at radius 3 is 2.64 bits per heavy atom. The van der Waals surface area contributed by atoms with E-state index in [9.17, 15) is 5.11 Å². The molecule has 134 valence electrons. The first-order chi connectivity index (χ1) is 12.3. The van der Waals surface area contributed by atoms with Crippen molar-refractivity contribution in [3.8, 4) is 5.88 Å². The van der Waals surface area contributed by atoms with E-state index < -0.39 is 0 Å². The molecule has 2 rings (SSSR count). The van der Waals surface area contributed by atoms with Crippen molar-refractivity contribution < 1.29 is 9.84 Å². The zero-order chi connectivity index (χ0) is 17.9. The van der Waals surface area contributed by atoms with E-state index in [2.05, 4.69) is 20.6 Å². The lowest BCUT2D eigenvalue weighted by Gasteiger charge is -2.18. The second kappa shape index (κ2) is 10.3. The number of hydrogen-bond acceptors (Lipinski definition) is 4. The van der Waals surface area contributed by atoms with Crippen LogP contribution in [0.1, 0.15) is 24.1 Å². The molecule has 0 amide bonds. The van der Waals surface area contributed by atoms with Crippen LogP contribution in [-0.2, 0) is 6.54 Å². The van der Waals surface area contributed by atoms with E-state index in [1.807, 2.05) is 55.5 Å². The van der Waals surface area contributed by atoms with Crippen LogP contribution < -0.4 is 15.4 Å². The fraction of sp³-hybridized carbons (Fsp3) is 0.368. The summed E-state index contributed by atoms with van der Waals surface area (Å²) in [5, 5.41) is 16.2. The number of nitrogens with one attached hydrogen (secondary N) is 2. The van der Waals surface area contributed by atoms with E-state index in [0.717, 1.165) is 17.8 Å². The van der Waals surface area contributed by atoms with Gasteiger partial charge in [-0.1, -0.05) is 36.4 Å². The third-order valence-corrected chi connectivity index (χ3v) is 3.74. The highest BCUT2D eigenvalue weighted by Crippen LogP contribution is 2.13. The van der Waals surface area contributed by atoms with Crippen LogP contribution in [0.15, 0.2) is 53.5 Å². The fourth-order valence-electron chi connectivity index (χ4n) is 2.39. The van der Waals surface area contributed by atoms with Gasteiger partial charge in [0.05, 0.1) is 26.0 Å². The van der Waals surface area contributed by atoms with Gasteiger partial charge in [-0.05, 0) is 18.6 Å². The summed E-state index contributed by atoms with van der Waals surface area (Å²) in [6.45, 7) is 3.89. The highest BCUT2D eigenvalue weighted by Gasteiger charge is 2.10. The number of nitrogens with zero attached hydrogens (tertiary/aromatic N) is 2. The minimum atomic E-state index is 0.0139. The SMILES string of the molecule is CCNC(=NCc1cccc(OC)n1)NCC(CO)c1ccccc1. The molecule has 1 heterocycles. The number of methoxy groups -OCH3 is 1. The zero-order valence-corrected chi connectivity index (χ0v) is 14.8. The first kappa shape index (κ1) is 18.7. The first-order valence-corrected chi connectivity index (χ1v) is 8.44. The first-order valence-electron chi connectivity index (χ1n) is 8.44. The predicted molar refractivity (Wildman–Crippen MR) is 99.9 cm³/mol. The maximum absolute atomic E-state index is 9.66. The van der Waals surface area contributed by atoms with Crippen LogP contribution in [0.3, 0.4) is 0 Å². The van der Waals surface area contributed by atoms with E-state index in [1.54, 1.807) is 7.11 Å². The molecule has 1 aromatic carbocycles. The molecule has 1 atom stereocenters. The standard InChI is InChI=1S/C19H26N4O2/c1-3-20-19(22-13-17-10-7-11-18(23-17)25-2)21-12-16(14-24)15-8-5-4-6-9-15/h4-11,16,24H,3,12-14H2,1-2H3,(H2,20,21,22). The van der Waals surface area contributed by atoms with Gasteiger partial charge in [-0.25, -0.2) is 9.98 Å². The molecule has 0 fully saturated rings. The van der Waals surface area contributed by atoms with Crippen LogP contribution in [-0.4, -0.2) is 42.9 Å². The van der Waals surface area contributed by atoms with E-state index >= 15 is 0 Å². The van der Waals surface area contributed by atoms with Crippen molar-refractivity contribution in [3.05, 3.63) is 59.8 Å². The Morgan fingerprint density at radius 1 is 1.16 bits per heavy atom. The highest BCUT2D eigenvalue weighted by atomic mass is 16.5. The second-order valence-corrected chi connectivity index (χ2v) is 5.54. The summed E-state index contributed by atoms with van der Waals surface area (Å²) in [6, 6.07) is 15.6. The van der Waals surface area contributed by atoms with E-state index in [1.165, 1.54) is 0 Å². The number of guanidine groups is 1. The van der Waals surface area contributed by atoms with Crippen LogP contribution >= 0.6 is 0 Å². The maximum atomic E-state index is 9.66. The van der Waals surface area contributed by atoms with Crippen molar-refractivity contribution in [1.29, 1.82) is 0 Å². The Labute approximate surface area is 149 Å². The summed E-state index contributed by atoms with van der Waals surface area (Å²) in [5.41, 5.74) is 1.93. The Balaban J connectivity index is 1.99. The molecule has 0 spiro atoms. The number of aliphatic hydroxyl groups is 1. The number of pyridine rings is 1. The third kappa shape index (κ3) is 6.08. The van der Waals surface area contributed by atoms with Crippen molar-refractivity contribution >= 4 is 5.96 Å². The van der Waals surface area contributed by atoms with E-state index in [-0.39, 0.29) is 12.5 Å². The van der Waals surface area contributed by atoms with Gasteiger partial charge in [0.15, 0.2) is 5.96 Å². The number of aliphatic imine (C=N–C) groups is 1. The van der Waals surface area contributed by atoms with Crippen molar-refractivity contribution in [2.75, 3.05) is 26.8 Å². The van der Waals surface area contributed by atoms with Crippen LogP contribution in [0, 0.1) is 0 Å². The molecule has 0 bridgehead atoms. The quantitative estimate of drug-likeness (QED) is 0.505. The maximum Gasteiger partial charge on any atom is 0.213 e. The minimum Gasteiger partial charge on any atom is -0.481 e. The topological polar surface area (TPSA) is 78.8 Å². The minimum absolute atomic E-state index is 0.0139. The zero-order valence-electron chi connectivity index (χ0n) is 14.8. The lowest BCUT2D eigenvalue weighted by atomic mass is 10.0. The molecule has 6 nitrogen and oxygen atoms in total. The van der Waals surface area contributed by atoms with Gasteiger partial charge < -0.3 is 20.5 Å². The van der Waals surface area contributed by atoms with E-state index in [0.29, 0.717) is 24.9 Å². The molecule has 0 radical (unpaired) electrons. The van der Waals surface area contributed by atoms with Crippen LogP contribution in [0.25, 0.3) is 0 Å². The Bertz CT molecular complexity index is 661. The molecule has 0 aliphatic heterocycles. The van der Waals surface area contributed by atoms with Crippen LogP contribution in [0.2, 0.25) is 0 Å². The predicted octanol–water partition coefficient (Wildman–Crippen LogP) is 1.92. The lowest BCUT2D eigenvalue weighted by Crippen LogP contribution is -2.40. The summed E-state index contributed by atoms with van der Waals surface area (Å²) < 4.78 is 5.13. The second-order valence-electron chi connectivity index (χ2n) is 5.54. The number of rotatable bonds is 8. The van der Waals surface area contributed by atoms with Gasteiger partial charge in [-0.15, -0.1) is 0 Å². The van der Waals surface area contributed by atoms with Gasteiger partial charge >= 0.3 is 0 Å². The Kier molecular flexibility index (Phi) is 7.72. The largest absolute Gasteiger partial charge is 0.481 e. The number of aromatic nitrogens is 1. The molecular weight excluding hydrogens is 316 g/mol. The summed E-state index contributed by atoms with van der Waals surface area (Å²) in [7, 11) is 1.60. The molecule has 1 aromatic heterocycles. The number of aliphatic hydroxyl groups excluding tert-OH is 1. The average molecular weight is 342 g/mol. The monoisotopic (exact) mass is 342 g/mol. The van der Waals surface area contributed by atoms with E-state index in [4.69, 9.17) is 4.74 Å². The molecule has 25 heavy (non-hydrogen) atoms. The van der Waals surface area contributed by atoms with Crippen molar-refractivity contribution in [1.82, 2.24) is 15.6 Å². The average Bonchev–Trinajstić information content (AvgIpc) is 2.67. The number of benzene rings is 1. The smallest absolute Gasteiger partial charge is 0.213 e. The lowest BCUT2D eigenvalue weighted by molar-refractivity contribution is 0.265. The van der Waals surface area contributed by atoms with Gasteiger partial charge in [0.1, 0.15) is 0 Å². The molecule has 1 unspecified atom stereocenters. The highest BCUT2D eigenvalue weighted by molar-refractivity contribution is 5.79. The van der Waals surface area contributed by atoms with Crippen molar-refractivity contribution in [3.63, 3.8) is 0 Å². The van der Waals surface area contributed by atoms with Gasteiger partial charge in [-0.2, -0.15) is 0 Å². The molecule has 0 saturated heterocycles. The molecule has 2 aromatic rings. The Morgan fingerprint density at radius 2 is 1.96 bits per heavy atom. The van der Waals surface area contributed by atoms with Crippen LogP contribution in [0.5, 0.6) is 5.88 Å². The summed E-state index contributed by atoms with van der Waals surface area (Å²) in [4.78, 5) is 8.91. The van der Waals surface area contributed by atoms with Crippen molar-refractivity contribution in [2.45, 2.75) is 19.4 Å². The van der Waals surface area contributed by atoms with Crippen LogP contribution in [0.4, 0.5) is 0 Å². The van der Waals surface area contributed by atoms with Gasteiger partial charge in [0.25, 0.3) is 0 Å². The summed E-state index contributed by atoms with van der Waals surface area (Å²) in [5.74, 6) is 1.29. The third-order valence-electron chi connectivity index (χ3n) is 3.74. The van der Waals surface area contributed by atoms with Gasteiger partial charge in [0.2, 0.25) is 5.88 Å². The summed E-state index contributed by atoms with van der Waals surface area (Å²) in [6.07, 6.45) is 0. The molecule has 0 saturated carbocycles. The molecule has 6 heteroatoms. The van der Waals surface area contributed by atoms with Gasteiger partial charge in [0, 0.05) is 25.1 Å². The number of ether oxygens (including phenoxy) is 1. The Hall–Kier alpha value is -2.60. The molecule has 0 aliphatic rings. The molecule has 0 aliphatic carbocycles.